The third-order valence-electron chi connectivity index (χ3n) is 2.08. The third kappa shape index (κ3) is 2.64. The molecule has 0 aromatic carbocycles. The summed E-state index contributed by atoms with van der Waals surface area (Å²) in [5.74, 6) is 0. The number of thiazole rings is 2. The Morgan fingerprint density at radius 3 is 2.53 bits per heavy atom. The van der Waals surface area contributed by atoms with Crippen molar-refractivity contribution in [3.05, 3.63) is 32.7 Å². The molecular formula is C9H8F3N3S2. The molecule has 1 unspecified atom stereocenters. The molecule has 17 heavy (non-hydrogen) atoms. The zero-order chi connectivity index (χ0) is 12.5. The molecule has 0 aliphatic rings. The third-order valence-corrected chi connectivity index (χ3v) is 4.02. The van der Waals surface area contributed by atoms with E-state index in [1.165, 1.54) is 17.5 Å². The van der Waals surface area contributed by atoms with Crippen molar-refractivity contribution in [2.24, 2.45) is 0 Å². The number of rotatable bonds is 3. The van der Waals surface area contributed by atoms with Crippen LogP contribution in [0, 0.1) is 0 Å². The van der Waals surface area contributed by atoms with Crippen LogP contribution >= 0.6 is 22.7 Å². The first-order valence-electron chi connectivity index (χ1n) is 4.61. The molecule has 1 atom stereocenters. The molecule has 0 radical (unpaired) electrons. The van der Waals surface area contributed by atoms with Gasteiger partial charge in [0.25, 0.3) is 0 Å². The van der Waals surface area contributed by atoms with Gasteiger partial charge in [-0.25, -0.2) is 4.98 Å². The maximum atomic E-state index is 12.4. The smallest absolute Gasteiger partial charge is 0.308 e. The summed E-state index contributed by atoms with van der Waals surface area (Å²) >= 11 is 2.04. The summed E-state index contributed by atoms with van der Waals surface area (Å²) < 4.78 is 37.3. The highest BCUT2D eigenvalue weighted by molar-refractivity contribution is 7.12. The first-order valence-corrected chi connectivity index (χ1v) is 6.30. The lowest BCUT2D eigenvalue weighted by atomic mass is 10.2. The van der Waals surface area contributed by atoms with Gasteiger partial charge in [-0.15, -0.1) is 22.7 Å². The van der Waals surface area contributed by atoms with Crippen LogP contribution in [0.2, 0.25) is 0 Å². The van der Waals surface area contributed by atoms with E-state index in [9.17, 15) is 13.2 Å². The standard InChI is InChI=1S/C9H8F3N3S2/c1-13-7(5-2-14-4-16-5)6-3-15-8(17-6)9(10,11)12/h2-4,7,13H,1H3. The van der Waals surface area contributed by atoms with Gasteiger partial charge in [0.1, 0.15) is 0 Å². The molecule has 2 rings (SSSR count). The summed E-state index contributed by atoms with van der Waals surface area (Å²) in [6.07, 6.45) is -1.48. The molecule has 8 heteroatoms. The molecule has 3 nitrogen and oxygen atoms in total. The Bertz CT molecular complexity index is 478. The quantitative estimate of drug-likeness (QED) is 0.938. The van der Waals surface area contributed by atoms with Crippen LogP contribution in [-0.2, 0) is 6.18 Å². The van der Waals surface area contributed by atoms with Crippen LogP contribution in [-0.4, -0.2) is 17.0 Å². The van der Waals surface area contributed by atoms with Crippen LogP contribution in [0.15, 0.2) is 17.9 Å². The van der Waals surface area contributed by atoms with Gasteiger partial charge in [0.2, 0.25) is 0 Å². The first kappa shape index (κ1) is 12.5. The summed E-state index contributed by atoms with van der Waals surface area (Å²) in [5.41, 5.74) is 1.64. The lowest BCUT2D eigenvalue weighted by Crippen LogP contribution is -2.15. The van der Waals surface area contributed by atoms with E-state index in [0.29, 0.717) is 16.2 Å². The second-order valence-corrected chi connectivity index (χ2v) is 5.17. The molecule has 0 saturated carbocycles. The average molecular weight is 279 g/mol. The van der Waals surface area contributed by atoms with E-state index < -0.39 is 11.2 Å². The van der Waals surface area contributed by atoms with E-state index in [1.54, 1.807) is 18.8 Å². The predicted molar refractivity (Wildman–Crippen MR) is 60.1 cm³/mol. The van der Waals surface area contributed by atoms with Gasteiger partial charge < -0.3 is 5.32 Å². The highest BCUT2D eigenvalue weighted by atomic mass is 32.1. The molecule has 2 aromatic rings. The maximum absolute atomic E-state index is 12.4. The van der Waals surface area contributed by atoms with E-state index in [4.69, 9.17) is 0 Å². The second kappa shape index (κ2) is 4.71. The minimum atomic E-state index is -4.38. The van der Waals surface area contributed by atoms with Gasteiger partial charge in [-0.2, -0.15) is 13.2 Å². The van der Waals surface area contributed by atoms with Crippen LogP contribution in [0.1, 0.15) is 20.8 Å². The zero-order valence-electron chi connectivity index (χ0n) is 8.65. The van der Waals surface area contributed by atoms with Gasteiger partial charge in [-0.05, 0) is 7.05 Å². The van der Waals surface area contributed by atoms with Crippen molar-refractivity contribution in [2.75, 3.05) is 7.05 Å². The monoisotopic (exact) mass is 279 g/mol. The summed E-state index contributed by atoms with van der Waals surface area (Å²) in [6, 6.07) is -0.281. The van der Waals surface area contributed by atoms with Crippen LogP contribution in [0.4, 0.5) is 13.2 Å². The number of halogens is 3. The number of nitrogens with one attached hydrogen (secondary N) is 1. The van der Waals surface area contributed by atoms with Crippen LogP contribution < -0.4 is 5.32 Å². The van der Waals surface area contributed by atoms with E-state index in [0.717, 1.165) is 4.88 Å². The molecule has 0 spiro atoms. The van der Waals surface area contributed by atoms with Crippen molar-refractivity contribution < 1.29 is 13.2 Å². The number of nitrogens with zero attached hydrogens (tertiary/aromatic N) is 2. The molecule has 0 aliphatic carbocycles. The van der Waals surface area contributed by atoms with E-state index in [1.807, 2.05) is 0 Å². The summed E-state index contributed by atoms with van der Waals surface area (Å²) in [4.78, 5) is 8.71. The fraction of sp³-hybridized carbons (Fsp3) is 0.333. The molecule has 92 valence electrons. The zero-order valence-corrected chi connectivity index (χ0v) is 10.3. The Kier molecular flexibility index (Phi) is 3.45. The molecular weight excluding hydrogens is 271 g/mol. The highest BCUT2D eigenvalue weighted by Crippen LogP contribution is 2.36. The minimum absolute atomic E-state index is 0.281. The van der Waals surface area contributed by atoms with Gasteiger partial charge in [0.15, 0.2) is 5.01 Å². The molecule has 0 amide bonds. The Morgan fingerprint density at radius 2 is 2.06 bits per heavy atom. The lowest BCUT2D eigenvalue weighted by Gasteiger charge is -2.10. The minimum Gasteiger partial charge on any atom is -0.308 e. The van der Waals surface area contributed by atoms with Crippen molar-refractivity contribution in [1.82, 2.24) is 15.3 Å². The molecule has 0 aliphatic heterocycles. The Balaban J connectivity index is 2.30. The topological polar surface area (TPSA) is 37.8 Å². The van der Waals surface area contributed by atoms with Crippen molar-refractivity contribution in [3.8, 4) is 0 Å². The molecule has 2 aromatic heterocycles. The summed E-state index contributed by atoms with van der Waals surface area (Å²) in [7, 11) is 1.69. The largest absolute Gasteiger partial charge is 0.443 e. The SMILES string of the molecule is CNC(c1cncs1)c1cnc(C(F)(F)F)s1. The van der Waals surface area contributed by atoms with Gasteiger partial charge in [0.05, 0.1) is 11.6 Å². The Morgan fingerprint density at radius 1 is 1.29 bits per heavy atom. The maximum Gasteiger partial charge on any atom is 0.443 e. The van der Waals surface area contributed by atoms with Crippen LogP contribution in [0.5, 0.6) is 0 Å². The first-order chi connectivity index (χ1) is 8.02. The Labute approximate surface area is 103 Å². The number of hydrogen-bond donors (Lipinski definition) is 1. The van der Waals surface area contributed by atoms with Crippen molar-refractivity contribution in [2.45, 2.75) is 12.2 Å². The molecule has 0 bridgehead atoms. The fourth-order valence-corrected chi connectivity index (χ4v) is 3.08. The number of alkyl halides is 3. The number of aromatic nitrogens is 2. The predicted octanol–water partition coefficient (Wildman–Crippen LogP) is 2.93. The molecule has 1 N–H and O–H groups in total. The van der Waals surface area contributed by atoms with E-state index in [2.05, 4.69) is 15.3 Å². The second-order valence-electron chi connectivity index (χ2n) is 3.19. The summed E-state index contributed by atoms with van der Waals surface area (Å²) in [5, 5.41) is 2.14. The Hall–Kier alpha value is -0.990. The fourth-order valence-electron chi connectivity index (χ4n) is 1.34. The lowest BCUT2D eigenvalue weighted by molar-refractivity contribution is -0.137. The normalized spacial score (nSPS) is 13.9. The average Bonchev–Trinajstić information content (AvgIpc) is 2.87. The summed E-state index contributed by atoms with van der Waals surface area (Å²) in [6.45, 7) is 0. The van der Waals surface area contributed by atoms with E-state index >= 15 is 0 Å². The van der Waals surface area contributed by atoms with Crippen molar-refractivity contribution in [1.29, 1.82) is 0 Å². The van der Waals surface area contributed by atoms with E-state index in [-0.39, 0.29) is 6.04 Å². The molecule has 2 heterocycles. The van der Waals surface area contributed by atoms with Crippen LogP contribution in [0.25, 0.3) is 0 Å². The van der Waals surface area contributed by atoms with Crippen LogP contribution in [0.3, 0.4) is 0 Å². The number of hydrogen-bond acceptors (Lipinski definition) is 5. The van der Waals surface area contributed by atoms with Crippen molar-refractivity contribution >= 4 is 22.7 Å². The van der Waals surface area contributed by atoms with Gasteiger partial charge in [0, 0.05) is 22.1 Å². The highest BCUT2D eigenvalue weighted by Gasteiger charge is 2.35. The molecule has 0 fully saturated rings. The van der Waals surface area contributed by atoms with Gasteiger partial charge >= 0.3 is 6.18 Å². The van der Waals surface area contributed by atoms with Gasteiger partial charge in [-0.1, -0.05) is 0 Å². The molecule has 0 saturated heterocycles. The van der Waals surface area contributed by atoms with Gasteiger partial charge in [-0.3, -0.25) is 4.98 Å². The van der Waals surface area contributed by atoms with Crippen molar-refractivity contribution in [3.63, 3.8) is 0 Å².